The van der Waals surface area contributed by atoms with Crippen LogP contribution in [-0.4, -0.2) is 59.7 Å². The largest absolute Gasteiger partial charge is 0.459 e. The number of amides is 3. The predicted octanol–water partition coefficient (Wildman–Crippen LogP) is 2.33. The Morgan fingerprint density at radius 1 is 1.11 bits per heavy atom. The zero-order valence-corrected chi connectivity index (χ0v) is 16.2. The molecular weight excluding hydrogens is 382 g/mol. The number of halogens is 1. The summed E-state index contributed by atoms with van der Waals surface area (Å²) in [6.45, 7) is 3.81. The summed E-state index contributed by atoms with van der Waals surface area (Å²) in [4.78, 5) is 42.9. The molecule has 2 aromatic rings. The highest BCUT2D eigenvalue weighted by Gasteiger charge is 2.44. The Bertz CT molecular complexity index is 920. The fourth-order valence-corrected chi connectivity index (χ4v) is 3.95. The number of imide groups is 1. The van der Waals surface area contributed by atoms with Crippen molar-refractivity contribution >= 4 is 35.0 Å². The van der Waals surface area contributed by atoms with Crippen molar-refractivity contribution in [3.63, 3.8) is 0 Å². The van der Waals surface area contributed by atoms with Gasteiger partial charge in [-0.25, -0.2) is 4.90 Å². The first kappa shape index (κ1) is 18.7. The number of hydrogen-bond donors (Lipinski definition) is 0. The molecule has 0 N–H and O–H groups in total. The summed E-state index contributed by atoms with van der Waals surface area (Å²) < 4.78 is 5.17. The average molecular weight is 402 g/mol. The average Bonchev–Trinajstić information content (AvgIpc) is 3.33. The van der Waals surface area contributed by atoms with E-state index in [4.69, 9.17) is 16.0 Å². The minimum atomic E-state index is -0.508. The van der Waals surface area contributed by atoms with E-state index < -0.39 is 6.04 Å². The lowest BCUT2D eigenvalue weighted by Gasteiger charge is -2.36. The van der Waals surface area contributed by atoms with Crippen LogP contribution in [0.5, 0.6) is 0 Å². The normalized spacial score (nSPS) is 20.9. The van der Waals surface area contributed by atoms with Crippen LogP contribution in [0, 0.1) is 6.92 Å². The number of carbonyl (C=O) groups is 3. The third-order valence-corrected chi connectivity index (χ3v) is 5.79. The van der Waals surface area contributed by atoms with Crippen molar-refractivity contribution < 1.29 is 18.8 Å². The minimum absolute atomic E-state index is 0.136. The first-order chi connectivity index (χ1) is 13.5. The molecule has 2 aliphatic heterocycles. The maximum atomic E-state index is 13.0. The van der Waals surface area contributed by atoms with E-state index in [0.29, 0.717) is 48.2 Å². The molecule has 8 heteroatoms. The van der Waals surface area contributed by atoms with Gasteiger partial charge in [-0.05, 0) is 36.8 Å². The van der Waals surface area contributed by atoms with Crippen molar-refractivity contribution in [3.8, 4) is 0 Å². The summed E-state index contributed by atoms with van der Waals surface area (Å²) in [6.07, 6.45) is 1.61. The van der Waals surface area contributed by atoms with Gasteiger partial charge >= 0.3 is 0 Å². The molecule has 1 aromatic heterocycles. The maximum absolute atomic E-state index is 13.0. The first-order valence-corrected chi connectivity index (χ1v) is 9.54. The molecule has 3 heterocycles. The highest BCUT2D eigenvalue weighted by Crippen LogP contribution is 2.32. The van der Waals surface area contributed by atoms with E-state index in [2.05, 4.69) is 0 Å². The third-order valence-electron chi connectivity index (χ3n) is 5.38. The molecule has 2 saturated heterocycles. The van der Waals surface area contributed by atoms with Gasteiger partial charge in [-0.15, -0.1) is 0 Å². The summed E-state index contributed by atoms with van der Waals surface area (Å²) in [5.41, 5.74) is 1.25. The Kier molecular flexibility index (Phi) is 4.95. The van der Waals surface area contributed by atoms with Crippen LogP contribution in [0.1, 0.15) is 22.5 Å². The predicted molar refractivity (Wildman–Crippen MR) is 103 cm³/mol. The van der Waals surface area contributed by atoms with Gasteiger partial charge in [0.15, 0.2) is 5.76 Å². The van der Waals surface area contributed by atoms with Gasteiger partial charge in [-0.1, -0.05) is 17.7 Å². The van der Waals surface area contributed by atoms with Crippen molar-refractivity contribution in [2.75, 3.05) is 31.1 Å². The topological polar surface area (TPSA) is 74.1 Å². The molecule has 0 radical (unpaired) electrons. The summed E-state index contributed by atoms with van der Waals surface area (Å²) in [7, 11) is 0. The number of anilines is 1. The van der Waals surface area contributed by atoms with Crippen molar-refractivity contribution in [2.45, 2.75) is 19.4 Å². The number of furan rings is 1. The third kappa shape index (κ3) is 3.21. The van der Waals surface area contributed by atoms with Crippen LogP contribution in [-0.2, 0) is 9.59 Å². The molecule has 2 aliphatic rings. The van der Waals surface area contributed by atoms with E-state index in [1.165, 1.54) is 11.2 Å². The molecule has 0 saturated carbocycles. The molecule has 2 fully saturated rings. The molecule has 0 unspecified atom stereocenters. The SMILES string of the molecule is Cc1c(Cl)cccc1N1C(=O)C[C@@H](N2CCN(C(=O)c3ccco3)CC2)C1=O. The Morgan fingerprint density at radius 3 is 2.54 bits per heavy atom. The van der Waals surface area contributed by atoms with Gasteiger partial charge < -0.3 is 9.32 Å². The summed E-state index contributed by atoms with van der Waals surface area (Å²) >= 11 is 6.16. The second kappa shape index (κ2) is 7.41. The monoisotopic (exact) mass is 401 g/mol. The molecule has 0 bridgehead atoms. The molecule has 0 aliphatic carbocycles. The lowest BCUT2D eigenvalue weighted by atomic mass is 10.1. The molecular formula is C20H20ClN3O4. The van der Waals surface area contributed by atoms with Crippen LogP contribution in [0.2, 0.25) is 5.02 Å². The Morgan fingerprint density at radius 2 is 1.86 bits per heavy atom. The minimum Gasteiger partial charge on any atom is -0.459 e. The fraction of sp³-hybridized carbons (Fsp3) is 0.350. The smallest absolute Gasteiger partial charge is 0.289 e. The zero-order valence-electron chi connectivity index (χ0n) is 15.4. The second-order valence-corrected chi connectivity index (χ2v) is 7.38. The Balaban J connectivity index is 1.45. The van der Waals surface area contributed by atoms with Gasteiger partial charge in [0.1, 0.15) is 0 Å². The zero-order chi connectivity index (χ0) is 19.8. The van der Waals surface area contributed by atoms with Crippen LogP contribution in [0.25, 0.3) is 0 Å². The molecule has 146 valence electrons. The first-order valence-electron chi connectivity index (χ1n) is 9.16. The summed E-state index contributed by atoms with van der Waals surface area (Å²) in [5.74, 6) is -0.312. The molecule has 1 atom stereocenters. The van der Waals surface area contributed by atoms with Crippen molar-refractivity contribution in [1.29, 1.82) is 0 Å². The molecule has 3 amide bonds. The standard InChI is InChI=1S/C20H20ClN3O4/c1-13-14(21)4-2-5-15(13)24-18(25)12-16(19(24)26)22-7-9-23(10-8-22)20(27)17-6-3-11-28-17/h2-6,11,16H,7-10,12H2,1H3/t16-/m1/s1. The van der Waals surface area contributed by atoms with Gasteiger partial charge in [0.05, 0.1) is 24.4 Å². The molecule has 7 nitrogen and oxygen atoms in total. The second-order valence-electron chi connectivity index (χ2n) is 6.98. The quantitative estimate of drug-likeness (QED) is 0.738. The van der Waals surface area contributed by atoms with Crippen LogP contribution >= 0.6 is 11.6 Å². The fourth-order valence-electron chi connectivity index (χ4n) is 3.79. The van der Waals surface area contributed by atoms with Gasteiger partial charge in [0.2, 0.25) is 5.91 Å². The van der Waals surface area contributed by atoms with E-state index in [9.17, 15) is 14.4 Å². The highest BCUT2D eigenvalue weighted by molar-refractivity contribution is 6.32. The number of hydrogen-bond acceptors (Lipinski definition) is 5. The molecule has 0 spiro atoms. The van der Waals surface area contributed by atoms with E-state index in [-0.39, 0.29) is 24.1 Å². The van der Waals surface area contributed by atoms with Gasteiger partial charge in [0.25, 0.3) is 11.8 Å². The Hall–Kier alpha value is -2.64. The highest BCUT2D eigenvalue weighted by atomic mass is 35.5. The molecule has 4 rings (SSSR count). The number of piperazine rings is 1. The van der Waals surface area contributed by atoms with Gasteiger partial charge in [-0.2, -0.15) is 0 Å². The van der Waals surface area contributed by atoms with E-state index in [1.807, 2.05) is 4.90 Å². The summed E-state index contributed by atoms with van der Waals surface area (Å²) in [6, 6.07) is 8.01. The van der Waals surface area contributed by atoms with Crippen LogP contribution in [0.4, 0.5) is 5.69 Å². The van der Waals surface area contributed by atoms with Crippen LogP contribution in [0.3, 0.4) is 0 Å². The van der Waals surface area contributed by atoms with Gasteiger partial charge in [-0.3, -0.25) is 19.3 Å². The van der Waals surface area contributed by atoms with E-state index in [0.717, 1.165) is 0 Å². The van der Waals surface area contributed by atoms with Gasteiger partial charge in [0, 0.05) is 31.2 Å². The van der Waals surface area contributed by atoms with E-state index in [1.54, 1.807) is 42.2 Å². The molecule has 28 heavy (non-hydrogen) atoms. The van der Waals surface area contributed by atoms with Crippen LogP contribution in [0.15, 0.2) is 41.0 Å². The number of nitrogens with zero attached hydrogens (tertiary/aromatic N) is 3. The lowest BCUT2D eigenvalue weighted by Crippen LogP contribution is -2.53. The van der Waals surface area contributed by atoms with Crippen molar-refractivity contribution in [1.82, 2.24) is 9.80 Å². The van der Waals surface area contributed by atoms with Crippen molar-refractivity contribution in [3.05, 3.63) is 52.9 Å². The van der Waals surface area contributed by atoms with Crippen LogP contribution < -0.4 is 4.90 Å². The maximum Gasteiger partial charge on any atom is 0.289 e. The lowest BCUT2D eigenvalue weighted by molar-refractivity contribution is -0.123. The van der Waals surface area contributed by atoms with Crippen molar-refractivity contribution in [2.24, 2.45) is 0 Å². The summed E-state index contributed by atoms with van der Waals surface area (Å²) in [5, 5.41) is 0.520. The molecule has 1 aromatic carbocycles. The number of benzene rings is 1. The number of rotatable bonds is 3. The Labute approximate surface area is 167 Å². The van der Waals surface area contributed by atoms with E-state index >= 15 is 0 Å². The number of carbonyl (C=O) groups excluding carboxylic acids is 3.